The average molecular weight is 479 g/mol. The number of rotatable bonds is 8. The van der Waals surface area contributed by atoms with Crippen molar-refractivity contribution in [3.8, 4) is 11.5 Å². The van der Waals surface area contributed by atoms with E-state index >= 15 is 0 Å². The molecule has 0 spiro atoms. The number of carboxylic acid groups (broad SMARTS) is 1. The molecule has 1 aliphatic heterocycles. The zero-order valence-electron chi connectivity index (χ0n) is 17.7. The molecule has 174 valence electrons. The lowest BCUT2D eigenvalue weighted by atomic mass is 10.1. The summed E-state index contributed by atoms with van der Waals surface area (Å²) in [6, 6.07) is 4.93. The molecule has 11 nitrogen and oxygen atoms in total. The van der Waals surface area contributed by atoms with E-state index in [9.17, 15) is 24.3 Å². The molecule has 0 aliphatic carbocycles. The van der Waals surface area contributed by atoms with Gasteiger partial charge in [-0.05, 0) is 31.2 Å². The summed E-state index contributed by atoms with van der Waals surface area (Å²) in [7, 11) is 2.54. The van der Waals surface area contributed by atoms with Crippen LogP contribution in [0.2, 0.25) is 5.02 Å². The summed E-state index contributed by atoms with van der Waals surface area (Å²) >= 11 is 6.11. The van der Waals surface area contributed by atoms with Gasteiger partial charge in [-0.2, -0.15) is 0 Å². The number of benzene rings is 1. The van der Waals surface area contributed by atoms with Gasteiger partial charge in [-0.3, -0.25) is 9.69 Å². The van der Waals surface area contributed by atoms with E-state index in [1.165, 1.54) is 51.5 Å². The van der Waals surface area contributed by atoms with Crippen molar-refractivity contribution in [1.29, 1.82) is 0 Å². The number of aliphatic carboxylic acids is 1. The Hall–Kier alpha value is -3.99. The third-order valence-electron chi connectivity index (χ3n) is 4.53. The molecule has 2 heterocycles. The van der Waals surface area contributed by atoms with E-state index in [1.807, 2.05) is 0 Å². The molecular formula is C21H19ClN2O9. The zero-order chi connectivity index (χ0) is 24.3. The minimum absolute atomic E-state index is 0.0264. The number of imide groups is 1. The fourth-order valence-electron chi connectivity index (χ4n) is 2.90. The summed E-state index contributed by atoms with van der Waals surface area (Å²) in [6.07, 6.45) is 0.0612. The summed E-state index contributed by atoms with van der Waals surface area (Å²) in [5, 5.41) is 11.8. The molecule has 2 N–H and O–H groups in total. The molecule has 3 amide bonds. The highest BCUT2D eigenvalue weighted by molar-refractivity contribution is 6.31. The van der Waals surface area contributed by atoms with Gasteiger partial charge in [0.2, 0.25) is 5.76 Å². The maximum Gasteiger partial charge on any atom is 0.373 e. The summed E-state index contributed by atoms with van der Waals surface area (Å²) in [6.45, 7) is 1.08. The number of carbonyl (C=O) groups is 4. The van der Waals surface area contributed by atoms with Crippen LogP contribution in [0, 0.1) is 0 Å². The zero-order valence-corrected chi connectivity index (χ0v) is 18.5. The summed E-state index contributed by atoms with van der Waals surface area (Å²) in [5.41, 5.74) is 0.0980. The van der Waals surface area contributed by atoms with Crippen LogP contribution >= 0.6 is 11.6 Å². The Bertz CT molecular complexity index is 1150. The highest BCUT2D eigenvalue weighted by Crippen LogP contribution is 2.37. The van der Waals surface area contributed by atoms with E-state index in [2.05, 4.69) is 10.1 Å². The van der Waals surface area contributed by atoms with Crippen molar-refractivity contribution >= 4 is 41.6 Å². The van der Waals surface area contributed by atoms with Gasteiger partial charge in [-0.25, -0.2) is 14.4 Å². The Balaban J connectivity index is 1.91. The van der Waals surface area contributed by atoms with Crippen LogP contribution in [0.1, 0.15) is 28.8 Å². The summed E-state index contributed by atoms with van der Waals surface area (Å²) < 4.78 is 20.6. The minimum Gasteiger partial charge on any atom is -0.493 e. The van der Waals surface area contributed by atoms with Crippen molar-refractivity contribution in [1.82, 2.24) is 10.2 Å². The van der Waals surface area contributed by atoms with E-state index in [4.69, 9.17) is 25.5 Å². The first-order valence-electron chi connectivity index (χ1n) is 9.43. The molecular weight excluding hydrogens is 460 g/mol. The van der Waals surface area contributed by atoms with E-state index in [0.29, 0.717) is 0 Å². The second kappa shape index (κ2) is 9.65. The average Bonchev–Trinajstić information content (AvgIpc) is 3.35. The molecule has 0 unspecified atom stereocenters. The van der Waals surface area contributed by atoms with Crippen molar-refractivity contribution in [3.63, 3.8) is 0 Å². The molecule has 2 aromatic rings. The molecule has 1 aromatic carbocycles. The molecule has 0 bridgehead atoms. The Kier molecular flexibility index (Phi) is 6.92. The fraction of sp³-hybridized carbons (Fsp3) is 0.238. The normalized spacial score (nSPS) is 15.4. The molecule has 3 rings (SSSR count). The van der Waals surface area contributed by atoms with Crippen molar-refractivity contribution in [2.75, 3.05) is 14.2 Å². The van der Waals surface area contributed by atoms with Gasteiger partial charge in [-0.15, -0.1) is 0 Å². The van der Waals surface area contributed by atoms with Crippen LogP contribution < -0.4 is 14.8 Å². The first-order valence-corrected chi connectivity index (χ1v) is 9.81. The number of urea groups is 1. The third-order valence-corrected chi connectivity index (χ3v) is 4.75. The lowest BCUT2D eigenvalue weighted by molar-refractivity contribution is -0.144. The maximum absolute atomic E-state index is 12.8. The predicted octanol–water partition coefficient (Wildman–Crippen LogP) is 2.67. The number of esters is 1. The fourth-order valence-corrected chi connectivity index (χ4v) is 3.12. The Morgan fingerprint density at radius 2 is 2.00 bits per heavy atom. The Morgan fingerprint density at radius 1 is 1.27 bits per heavy atom. The standard InChI is InChI=1S/C21H19ClN2O9/c1-10(19(26)27)32-17-11(6-12(22)8-16(17)30-2)7-14-18(25)24(21(29)23-14)9-13-4-5-15(33-13)20(28)31-3/h4-8,10H,9H2,1-3H3,(H,23,29)(H,26,27)/b14-7-/t10-/m0/s1. The molecule has 0 saturated carbocycles. The first-order chi connectivity index (χ1) is 15.6. The van der Waals surface area contributed by atoms with Crippen LogP contribution in [0.3, 0.4) is 0 Å². The Morgan fingerprint density at radius 3 is 2.64 bits per heavy atom. The molecule has 0 radical (unpaired) electrons. The van der Waals surface area contributed by atoms with Gasteiger partial charge in [0.25, 0.3) is 5.91 Å². The van der Waals surface area contributed by atoms with Gasteiger partial charge in [0.1, 0.15) is 11.5 Å². The number of hydrogen-bond donors (Lipinski definition) is 2. The van der Waals surface area contributed by atoms with Crippen LogP contribution in [-0.2, 0) is 20.9 Å². The number of hydrogen-bond acceptors (Lipinski definition) is 8. The second-order valence-corrected chi connectivity index (χ2v) is 7.20. The molecule has 12 heteroatoms. The SMILES string of the molecule is COC(=O)c1ccc(CN2C(=O)N/C(=C\c3cc(Cl)cc(OC)c3O[C@@H](C)C(=O)O)C2=O)o1. The molecule has 1 saturated heterocycles. The number of nitrogens with zero attached hydrogens (tertiary/aromatic N) is 1. The van der Waals surface area contributed by atoms with Crippen molar-refractivity contribution in [3.05, 3.63) is 52.1 Å². The molecule has 1 aromatic heterocycles. The molecule has 1 fully saturated rings. The highest BCUT2D eigenvalue weighted by Gasteiger charge is 2.35. The minimum atomic E-state index is -1.23. The van der Waals surface area contributed by atoms with Crippen LogP contribution in [0.4, 0.5) is 4.79 Å². The molecule has 33 heavy (non-hydrogen) atoms. The van der Waals surface area contributed by atoms with Crippen molar-refractivity contribution < 1.29 is 42.9 Å². The maximum atomic E-state index is 12.8. The van der Waals surface area contributed by atoms with Crippen LogP contribution in [-0.4, -0.2) is 54.2 Å². The third kappa shape index (κ3) is 5.09. The van der Waals surface area contributed by atoms with Gasteiger partial charge in [-0.1, -0.05) is 11.6 Å². The van der Waals surface area contributed by atoms with Gasteiger partial charge in [0.05, 0.1) is 20.8 Å². The van der Waals surface area contributed by atoms with Crippen LogP contribution in [0.25, 0.3) is 6.08 Å². The summed E-state index contributed by atoms with van der Waals surface area (Å²) in [4.78, 5) is 48.9. The second-order valence-electron chi connectivity index (χ2n) is 6.76. The van der Waals surface area contributed by atoms with E-state index < -0.39 is 30.0 Å². The topological polar surface area (TPSA) is 145 Å². The van der Waals surface area contributed by atoms with Crippen molar-refractivity contribution in [2.45, 2.75) is 19.6 Å². The Labute approximate surface area is 192 Å². The van der Waals surface area contributed by atoms with E-state index in [1.54, 1.807) is 0 Å². The lowest BCUT2D eigenvalue weighted by Crippen LogP contribution is -2.30. The van der Waals surface area contributed by atoms with Gasteiger partial charge in [0, 0.05) is 16.7 Å². The molecule has 1 atom stereocenters. The quantitative estimate of drug-likeness (QED) is 0.332. The van der Waals surface area contributed by atoms with Gasteiger partial charge >= 0.3 is 18.0 Å². The predicted molar refractivity (Wildman–Crippen MR) is 113 cm³/mol. The monoisotopic (exact) mass is 478 g/mol. The van der Waals surface area contributed by atoms with Gasteiger partial charge in [0.15, 0.2) is 17.6 Å². The number of nitrogens with one attached hydrogen (secondary N) is 1. The largest absolute Gasteiger partial charge is 0.493 e. The van der Waals surface area contributed by atoms with E-state index in [-0.39, 0.29) is 45.8 Å². The van der Waals surface area contributed by atoms with Crippen LogP contribution in [0.15, 0.2) is 34.4 Å². The number of carbonyl (C=O) groups excluding carboxylic acids is 3. The van der Waals surface area contributed by atoms with Gasteiger partial charge < -0.3 is 29.1 Å². The lowest BCUT2D eigenvalue weighted by Gasteiger charge is -2.17. The number of halogens is 1. The number of amides is 3. The smallest absolute Gasteiger partial charge is 0.373 e. The van der Waals surface area contributed by atoms with Crippen LogP contribution in [0.5, 0.6) is 11.5 Å². The number of methoxy groups -OCH3 is 2. The summed E-state index contributed by atoms with van der Waals surface area (Å²) in [5.74, 6) is -2.32. The number of carboxylic acids is 1. The molecule has 1 aliphatic rings. The highest BCUT2D eigenvalue weighted by atomic mass is 35.5. The van der Waals surface area contributed by atoms with Crippen molar-refractivity contribution in [2.24, 2.45) is 0 Å². The number of furan rings is 1. The number of ether oxygens (including phenoxy) is 3. The first kappa shape index (κ1) is 23.7. The van der Waals surface area contributed by atoms with E-state index in [0.717, 1.165) is 4.90 Å².